The van der Waals surface area contributed by atoms with Gasteiger partial charge in [0.2, 0.25) is 11.8 Å². The Hall–Kier alpha value is -1.88. The zero-order valence-corrected chi connectivity index (χ0v) is 16.0. The first kappa shape index (κ1) is 17.2. The van der Waals surface area contributed by atoms with E-state index in [0.29, 0.717) is 12.5 Å². The van der Waals surface area contributed by atoms with Crippen LogP contribution in [-0.4, -0.2) is 60.4 Å². The van der Waals surface area contributed by atoms with Gasteiger partial charge in [0.05, 0.1) is 6.54 Å². The van der Waals surface area contributed by atoms with E-state index in [2.05, 4.69) is 34.5 Å². The van der Waals surface area contributed by atoms with E-state index in [-0.39, 0.29) is 23.3 Å². The fourth-order valence-corrected chi connectivity index (χ4v) is 5.79. The lowest BCUT2D eigenvalue weighted by atomic mass is 9.78. The Kier molecular flexibility index (Phi) is 4.23. The SMILES string of the molecule is O=C(C1CC12CCCc1ccccc12)N1CCCC(N2CCNCC2=O)C1. The standard InChI is InChI=1S/C22H29N3O2/c26-20-14-23-10-12-25(20)17-7-4-11-24(15-17)21(27)19-13-22(19)9-3-6-16-5-1-2-8-18(16)22/h1-2,5,8,17,19,23H,3-4,6-7,9-15H2. The molecular formula is C22H29N3O2. The van der Waals surface area contributed by atoms with E-state index in [1.807, 2.05) is 4.90 Å². The lowest BCUT2D eigenvalue weighted by Gasteiger charge is -2.41. The van der Waals surface area contributed by atoms with Gasteiger partial charge in [0.25, 0.3) is 0 Å². The van der Waals surface area contributed by atoms with E-state index < -0.39 is 0 Å². The summed E-state index contributed by atoms with van der Waals surface area (Å²) in [5.74, 6) is 0.667. The van der Waals surface area contributed by atoms with Gasteiger partial charge in [-0.3, -0.25) is 9.59 Å². The minimum absolute atomic E-state index is 0.101. The van der Waals surface area contributed by atoms with Crippen LogP contribution in [0.4, 0.5) is 0 Å². The molecule has 2 aliphatic heterocycles. The summed E-state index contributed by atoms with van der Waals surface area (Å²) in [5.41, 5.74) is 2.98. The minimum Gasteiger partial charge on any atom is -0.340 e. The van der Waals surface area contributed by atoms with Crippen molar-refractivity contribution in [1.82, 2.24) is 15.1 Å². The molecule has 2 heterocycles. The molecule has 1 spiro atoms. The van der Waals surface area contributed by atoms with Gasteiger partial charge in [-0.05, 0) is 49.7 Å². The van der Waals surface area contributed by atoms with Crippen molar-refractivity contribution in [3.05, 3.63) is 35.4 Å². The van der Waals surface area contributed by atoms with Crippen LogP contribution in [0.2, 0.25) is 0 Å². The summed E-state index contributed by atoms with van der Waals surface area (Å²) in [6.45, 7) is 3.64. The van der Waals surface area contributed by atoms with E-state index in [0.717, 1.165) is 58.3 Å². The summed E-state index contributed by atoms with van der Waals surface area (Å²) in [4.78, 5) is 29.7. The number of fused-ring (bicyclic) bond motifs is 2. The van der Waals surface area contributed by atoms with Crippen LogP contribution < -0.4 is 5.32 Å². The molecule has 4 aliphatic rings. The second kappa shape index (κ2) is 6.62. The number of nitrogens with one attached hydrogen (secondary N) is 1. The molecule has 1 aromatic carbocycles. The highest BCUT2D eigenvalue weighted by Crippen LogP contribution is 2.60. The summed E-state index contributed by atoms with van der Waals surface area (Å²) in [6, 6.07) is 8.93. The summed E-state index contributed by atoms with van der Waals surface area (Å²) in [6.07, 6.45) is 6.52. The van der Waals surface area contributed by atoms with Crippen LogP contribution in [0.5, 0.6) is 0 Å². The Morgan fingerprint density at radius 2 is 2.07 bits per heavy atom. The zero-order chi connectivity index (χ0) is 18.4. The molecule has 5 rings (SSSR count). The average molecular weight is 367 g/mol. The molecule has 2 aliphatic carbocycles. The first-order chi connectivity index (χ1) is 13.2. The molecule has 0 bridgehead atoms. The fraction of sp³-hybridized carbons (Fsp3) is 0.636. The Morgan fingerprint density at radius 1 is 1.19 bits per heavy atom. The van der Waals surface area contributed by atoms with E-state index in [4.69, 9.17) is 0 Å². The van der Waals surface area contributed by atoms with Gasteiger partial charge in [-0.2, -0.15) is 0 Å². The maximum absolute atomic E-state index is 13.4. The van der Waals surface area contributed by atoms with E-state index >= 15 is 0 Å². The molecule has 0 aromatic heterocycles. The van der Waals surface area contributed by atoms with E-state index in [1.165, 1.54) is 17.5 Å². The third-order valence-corrected chi connectivity index (χ3v) is 7.27. The van der Waals surface area contributed by atoms with Crippen LogP contribution in [-0.2, 0) is 21.4 Å². The Morgan fingerprint density at radius 3 is 2.96 bits per heavy atom. The molecule has 1 N–H and O–H groups in total. The van der Waals surface area contributed by atoms with Gasteiger partial charge < -0.3 is 15.1 Å². The number of likely N-dealkylation sites (tertiary alicyclic amines) is 1. The molecule has 5 heteroatoms. The number of piperidine rings is 1. The Labute approximate surface area is 161 Å². The zero-order valence-electron chi connectivity index (χ0n) is 16.0. The van der Waals surface area contributed by atoms with Crippen molar-refractivity contribution in [2.75, 3.05) is 32.7 Å². The second-order valence-electron chi connectivity index (χ2n) is 8.77. The highest BCUT2D eigenvalue weighted by molar-refractivity contribution is 5.85. The molecule has 3 unspecified atom stereocenters. The maximum Gasteiger partial charge on any atom is 0.236 e. The van der Waals surface area contributed by atoms with Crippen molar-refractivity contribution >= 4 is 11.8 Å². The van der Waals surface area contributed by atoms with Crippen molar-refractivity contribution < 1.29 is 9.59 Å². The molecule has 27 heavy (non-hydrogen) atoms. The Balaban J connectivity index is 1.30. The van der Waals surface area contributed by atoms with Crippen LogP contribution in [0.1, 0.15) is 43.2 Å². The number of piperazine rings is 1. The highest BCUT2D eigenvalue weighted by atomic mass is 16.2. The van der Waals surface area contributed by atoms with Gasteiger partial charge in [-0.25, -0.2) is 0 Å². The van der Waals surface area contributed by atoms with E-state index in [1.54, 1.807) is 0 Å². The molecule has 2 saturated heterocycles. The molecule has 1 saturated carbocycles. The number of carbonyl (C=O) groups excluding carboxylic acids is 2. The third kappa shape index (κ3) is 2.87. The van der Waals surface area contributed by atoms with Gasteiger partial charge >= 0.3 is 0 Å². The number of aryl methyl sites for hydroxylation is 1. The van der Waals surface area contributed by atoms with Crippen molar-refractivity contribution in [2.24, 2.45) is 5.92 Å². The number of carbonyl (C=O) groups is 2. The third-order valence-electron chi connectivity index (χ3n) is 7.27. The smallest absolute Gasteiger partial charge is 0.236 e. The maximum atomic E-state index is 13.4. The molecule has 3 fully saturated rings. The van der Waals surface area contributed by atoms with Gasteiger partial charge in [0.15, 0.2) is 0 Å². The van der Waals surface area contributed by atoms with Gasteiger partial charge in [-0.15, -0.1) is 0 Å². The van der Waals surface area contributed by atoms with Crippen molar-refractivity contribution in [2.45, 2.75) is 50.0 Å². The van der Waals surface area contributed by atoms with Crippen molar-refractivity contribution in [3.8, 4) is 0 Å². The van der Waals surface area contributed by atoms with Crippen LogP contribution in [0.25, 0.3) is 0 Å². The number of amides is 2. The quantitative estimate of drug-likeness (QED) is 0.866. The van der Waals surface area contributed by atoms with Gasteiger partial charge in [-0.1, -0.05) is 24.3 Å². The molecule has 0 radical (unpaired) electrons. The normalized spacial score (nSPS) is 33.1. The van der Waals surface area contributed by atoms with Crippen LogP contribution >= 0.6 is 0 Å². The van der Waals surface area contributed by atoms with E-state index in [9.17, 15) is 9.59 Å². The van der Waals surface area contributed by atoms with Crippen molar-refractivity contribution in [1.29, 1.82) is 0 Å². The van der Waals surface area contributed by atoms with Gasteiger partial charge in [0, 0.05) is 43.6 Å². The average Bonchev–Trinajstić information content (AvgIpc) is 3.43. The lowest BCUT2D eigenvalue weighted by molar-refractivity contribution is -0.141. The monoisotopic (exact) mass is 367 g/mol. The molecular weight excluding hydrogens is 338 g/mol. The topological polar surface area (TPSA) is 52.7 Å². The largest absolute Gasteiger partial charge is 0.340 e. The first-order valence-electron chi connectivity index (χ1n) is 10.6. The number of hydrogen-bond donors (Lipinski definition) is 1. The van der Waals surface area contributed by atoms with Crippen LogP contribution in [0, 0.1) is 5.92 Å². The predicted octanol–water partition coefficient (Wildman–Crippen LogP) is 1.70. The Bertz CT molecular complexity index is 764. The summed E-state index contributed by atoms with van der Waals surface area (Å²) >= 11 is 0. The summed E-state index contributed by atoms with van der Waals surface area (Å²) < 4.78 is 0. The van der Waals surface area contributed by atoms with Crippen molar-refractivity contribution in [3.63, 3.8) is 0 Å². The molecule has 3 atom stereocenters. The van der Waals surface area contributed by atoms with Crippen LogP contribution in [0.3, 0.4) is 0 Å². The minimum atomic E-state index is 0.101. The summed E-state index contributed by atoms with van der Waals surface area (Å²) in [5, 5.41) is 3.14. The first-order valence-corrected chi connectivity index (χ1v) is 10.6. The lowest BCUT2D eigenvalue weighted by Crippen LogP contribution is -2.57. The molecule has 144 valence electrons. The number of hydrogen-bond acceptors (Lipinski definition) is 3. The number of rotatable bonds is 2. The fourth-order valence-electron chi connectivity index (χ4n) is 5.79. The molecule has 1 aromatic rings. The second-order valence-corrected chi connectivity index (χ2v) is 8.77. The predicted molar refractivity (Wildman–Crippen MR) is 103 cm³/mol. The number of nitrogens with zero attached hydrogens (tertiary/aromatic N) is 2. The molecule has 5 nitrogen and oxygen atoms in total. The highest BCUT2D eigenvalue weighted by Gasteiger charge is 2.61. The summed E-state index contributed by atoms with van der Waals surface area (Å²) in [7, 11) is 0. The molecule has 2 amide bonds. The number of benzene rings is 1. The van der Waals surface area contributed by atoms with Gasteiger partial charge in [0.1, 0.15) is 0 Å². The van der Waals surface area contributed by atoms with Crippen LogP contribution in [0.15, 0.2) is 24.3 Å².